The normalized spacial score (nSPS) is 12.9. The fourth-order valence-electron chi connectivity index (χ4n) is 3.04. The largest absolute Gasteiger partial charge is 0.486 e. The molecule has 0 spiro atoms. The van der Waals surface area contributed by atoms with Gasteiger partial charge < -0.3 is 14.0 Å². The summed E-state index contributed by atoms with van der Waals surface area (Å²) in [6, 6.07) is 13.7. The van der Waals surface area contributed by atoms with E-state index in [0.29, 0.717) is 24.9 Å². The summed E-state index contributed by atoms with van der Waals surface area (Å²) >= 11 is 1.46. The molecule has 0 aliphatic carbocycles. The Morgan fingerprint density at radius 2 is 2.00 bits per heavy atom. The molecule has 27 heavy (non-hydrogen) atoms. The number of amides is 1. The second-order valence-electron chi connectivity index (χ2n) is 6.22. The van der Waals surface area contributed by atoms with Crippen LogP contribution < -0.4 is 14.8 Å². The van der Waals surface area contributed by atoms with Gasteiger partial charge in [0.15, 0.2) is 11.5 Å². The fourth-order valence-corrected chi connectivity index (χ4v) is 3.77. The van der Waals surface area contributed by atoms with Crippen LogP contribution in [0.15, 0.2) is 47.4 Å². The molecule has 1 amide bonds. The van der Waals surface area contributed by atoms with Crippen molar-refractivity contribution in [1.29, 1.82) is 0 Å². The van der Waals surface area contributed by atoms with Crippen molar-refractivity contribution in [2.24, 2.45) is 0 Å². The van der Waals surface area contributed by atoms with Crippen LogP contribution in [-0.4, -0.2) is 34.4 Å². The molecule has 7 heteroatoms. The lowest BCUT2D eigenvalue weighted by atomic mass is 10.3. The Kier molecular flexibility index (Phi) is 5.20. The Balaban J connectivity index is 1.44. The molecule has 0 saturated heterocycles. The number of anilines is 1. The molecular formula is C20H21N3O3S. The van der Waals surface area contributed by atoms with Gasteiger partial charge in [-0.15, -0.1) is 11.8 Å². The molecule has 3 aromatic rings. The second kappa shape index (κ2) is 7.92. The Morgan fingerprint density at radius 3 is 2.85 bits per heavy atom. The number of nitrogens with one attached hydrogen (secondary N) is 1. The average Bonchev–Trinajstić information content (AvgIpc) is 3.04. The number of ether oxygens (including phenoxy) is 2. The third-order valence-corrected chi connectivity index (χ3v) is 5.23. The van der Waals surface area contributed by atoms with Crippen molar-refractivity contribution in [2.75, 3.05) is 24.3 Å². The zero-order valence-electron chi connectivity index (χ0n) is 15.1. The van der Waals surface area contributed by atoms with E-state index < -0.39 is 0 Å². The summed E-state index contributed by atoms with van der Waals surface area (Å²) in [5.41, 5.74) is 1.93. The molecule has 1 N–H and O–H groups in total. The summed E-state index contributed by atoms with van der Waals surface area (Å²) in [5.74, 6) is 2.31. The van der Waals surface area contributed by atoms with Crippen molar-refractivity contribution < 1.29 is 14.3 Å². The smallest absolute Gasteiger partial charge is 0.237 e. The number of aromatic nitrogens is 2. The SMILES string of the molecule is CCCn1c(NC(=O)CSc2ccc3c(c2)OCCO3)nc2ccccc21. The molecule has 2 aromatic carbocycles. The lowest BCUT2D eigenvalue weighted by Crippen LogP contribution is -2.18. The van der Waals surface area contributed by atoms with Crippen molar-refractivity contribution in [3.05, 3.63) is 42.5 Å². The molecule has 6 nitrogen and oxygen atoms in total. The van der Waals surface area contributed by atoms with Crippen molar-refractivity contribution in [2.45, 2.75) is 24.8 Å². The van der Waals surface area contributed by atoms with E-state index in [9.17, 15) is 4.79 Å². The maximum Gasteiger partial charge on any atom is 0.237 e. The number of nitrogens with zero attached hydrogens (tertiary/aromatic N) is 2. The number of imidazole rings is 1. The van der Waals surface area contributed by atoms with E-state index in [-0.39, 0.29) is 5.91 Å². The number of fused-ring (bicyclic) bond motifs is 2. The molecule has 4 rings (SSSR count). The number of para-hydroxylation sites is 2. The van der Waals surface area contributed by atoms with Crippen molar-refractivity contribution in [3.63, 3.8) is 0 Å². The molecule has 1 aliphatic heterocycles. The van der Waals surface area contributed by atoms with Crippen LogP contribution in [0.2, 0.25) is 0 Å². The minimum absolute atomic E-state index is 0.0810. The first-order valence-electron chi connectivity index (χ1n) is 9.02. The fraction of sp³-hybridized carbons (Fsp3) is 0.300. The summed E-state index contributed by atoms with van der Waals surface area (Å²) in [7, 11) is 0. The third kappa shape index (κ3) is 3.88. The van der Waals surface area contributed by atoms with Gasteiger partial charge in [-0.25, -0.2) is 4.98 Å². The van der Waals surface area contributed by atoms with Gasteiger partial charge in [-0.2, -0.15) is 0 Å². The van der Waals surface area contributed by atoms with E-state index >= 15 is 0 Å². The predicted molar refractivity (Wildman–Crippen MR) is 107 cm³/mol. The molecular weight excluding hydrogens is 362 g/mol. The second-order valence-corrected chi connectivity index (χ2v) is 7.27. The van der Waals surface area contributed by atoms with Gasteiger partial charge in [0.05, 0.1) is 16.8 Å². The molecule has 140 valence electrons. The molecule has 0 unspecified atom stereocenters. The van der Waals surface area contributed by atoms with Crippen LogP contribution in [0, 0.1) is 0 Å². The Labute approximate surface area is 161 Å². The van der Waals surface area contributed by atoms with E-state index in [1.165, 1.54) is 11.8 Å². The standard InChI is InChI=1S/C20H21N3O3S/c1-2-9-23-16-6-4-3-5-15(16)21-20(23)22-19(24)13-27-14-7-8-17-18(12-14)26-11-10-25-17/h3-8,12H,2,9-11,13H2,1H3,(H,21,22,24). The third-order valence-electron chi connectivity index (χ3n) is 4.24. The van der Waals surface area contributed by atoms with Crippen LogP contribution in [-0.2, 0) is 11.3 Å². The van der Waals surface area contributed by atoms with Crippen LogP contribution in [0.5, 0.6) is 11.5 Å². The maximum atomic E-state index is 12.5. The number of aryl methyl sites for hydroxylation is 1. The Hall–Kier alpha value is -2.67. The molecule has 2 heterocycles. The van der Waals surface area contributed by atoms with Crippen molar-refractivity contribution >= 4 is 34.7 Å². The number of hydrogen-bond donors (Lipinski definition) is 1. The van der Waals surface area contributed by atoms with Crippen molar-refractivity contribution in [1.82, 2.24) is 9.55 Å². The van der Waals surface area contributed by atoms with E-state index in [0.717, 1.165) is 40.4 Å². The van der Waals surface area contributed by atoms with Gasteiger partial charge in [0.25, 0.3) is 0 Å². The Bertz CT molecular complexity index is 970. The minimum atomic E-state index is -0.0810. The first-order chi connectivity index (χ1) is 13.2. The zero-order chi connectivity index (χ0) is 18.6. The van der Waals surface area contributed by atoms with Crippen LogP contribution in [0.3, 0.4) is 0 Å². The van der Waals surface area contributed by atoms with Gasteiger partial charge in [-0.3, -0.25) is 10.1 Å². The van der Waals surface area contributed by atoms with E-state index in [1.54, 1.807) is 0 Å². The molecule has 0 bridgehead atoms. The number of carbonyl (C=O) groups excluding carboxylic acids is 1. The highest BCUT2D eigenvalue weighted by Crippen LogP contribution is 2.34. The Morgan fingerprint density at radius 1 is 1.19 bits per heavy atom. The van der Waals surface area contributed by atoms with Gasteiger partial charge >= 0.3 is 0 Å². The highest BCUT2D eigenvalue weighted by atomic mass is 32.2. The van der Waals surface area contributed by atoms with E-state index in [2.05, 4.69) is 21.8 Å². The molecule has 0 radical (unpaired) electrons. The lowest BCUT2D eigenvalue weighted by molar-refractivity contribution is -0.113. The number of thioether (sulfide) groups is 1. The highest BCUT2D eigenvalue weighted by Gasteiger charge is 2.15. The highest BCUT2D eigenvalue weighted by molar-refractivity contribution is 8.00. The number of rotatable bonds is 6. The van der Waals surface area contributed by atoms with Gasteiger partial charge in [0, 0.05) is 11.4 Å². The van der Waals surface area contributed by atoms with E-state index in [4.69, 9.17) is 9.47 Å². The predicted octanol–water partition coefficient (Wildman–Crippen LogP) is 3.95. The van der Waals surface area contributed by atoms with Crippen LogP contribution in [0.1, 0.15) is 13.3 Å². The van der Waals surface area contributed by atoms with Crippen LogP contribution in [0.4, 0.5) is 5.95 Å². The maximum absolute atomic E-state index is 12.5. The first-order valence-corrected chi connectivity index (χ1v) is 10.0. The summed E-state index contributed by atoms with van der Waals surface area (Å²) in [6.07, 6.45) is 0.967. The minimum Gasteiger partial charge on any atom is -0.486 e. The summed E-state index contributed by atoms with van der Waals surface area (Å²) in [6.45, 7) is 4.04. The molecule has 0 atom stereocenters. The quantitative estimate of drug-likeness (QED) is 0.653. The topological polar surface area (TPSA) is 65.4 Å². The summed E-state index contributed by atoms with van der Waals surface area (Å²) in [5, 5.41) is 2.95. The molecule has 1 aliphatic rings. The summed E-state index contributed by atoms with van der Waals surface area (Å²) < 4.78 is 13.2. The lowest BCUT2D eigenvalue weighted by Gasteiger charge is -2.18. The zero-order valence-corrected chi connectivity index (χ0v) is 15.9. The molecule has 0 fully saturated rings. The van der Waals surface area contributed by atoms with Gasteiger partial charge in [0.2, 0.25) is 11.9 Å². The average molecular weight is 383 g/mol. The number of hydrogen-bond acceptors (Lipinski definition) is 5. The van der Waals surface area contributed by atoms with Gasteiger partial charge in [-0.05, 0) is 36.8 Å². The van der Waals surface area contributed by atoms with Gasteiger partial charge in [-0.1, -0.05) is 19.1 Å². The van der Waals surface area contributed by atoms with E-state index in [1.807, 2.05) is 42.5 Å². The van der Waals surface area contributed by atoms with Gasteiger partial charge in [0.1, 0.15) is 13.2 Å². The monoisotopic (exact) mass is 383 g/mol. The number of carbonyl (C=O) groups is 1. The molecule has 1 aromatic heterocycles. The summed E-state index contributed by atoms with van der Waals surface area (Å²) in [4.78, 5) is 18.0. The van der Waals surface area contributed by atoms with Crippen LogP contribution >= 0.6 is 11.8 Å². The van der Waals surface area contributed by atoms with Crippen molar-refractivity contribution in [3.8, 4) is 11.5 Å². The molecule has 0 saturated carbocycles. The first kappa shape index (κ1) is 17.7. The van der Waals surface area contributed by atoms with Crippen LogP contribution in [0.25, 0.3) is 11.0 Å². The number of benzene rings is 2.